The standard InChI is InChI=1S/C13H11Cl2N5O/c1-6(16)12-19-11-8(15)3-2-7(14)10(11)13(21)20(12)9-4-17-5-18-9/h2-6H,16H2,1H3,(H,17,18). The maximum absolute atomic E-state index is 12.8. The van der Waals surface area contributed by atoms with Crippen LogP contribution >= 0.6 is 23.2 Å². The molecular formula is C13H11Cl2N5O. The lowest BCUT2D eigenvalue weighted by Gasteiger charge is -2.15. The van der Waals surface area contributed by atoms with Gasteiger partial charge in [0.05, 0.1) is 39.5 Å². The number of aromatic amines is 1. The second kappa shape index (κ2) is 5.14. The third kappa shape index (κ3) is 2.21. The van der Waals surface area contributed by atoms with Crippen molar-refractivity contribution in [1.29, 1.82) is 0 Å². The zero-order valence-electron chi connectivity index (χ0n) is 11.0. The molecule has 1 unspecified atom stereocenters. The highest BCUT2D eigenvalue weighted by Crippen LogP contribution is 2.27. The number of imidazole rings is 1. The van der Waals surface area contributed by atoms with Gasteiger partial charge in [0.25, 0.3) is 5.56 Å². The fourth-order valence-corrected chi connectivity index (χ4v) is 2.58. The second-order valence-electron chi connectivity index (χ2n) is 4.59. The minimum atomic E-state index is -0.472. The molecule has 21 heavy (non-hydrogen) atoms. The molecule has 0 aliphatic rings. The first kappa shape index (κ1) is 14.1. The van der Waals surface area contributed by atoms with Gasteiger partial charge >= 0.3 is 0 Å². The second-order valence-corrected chi connectivity index (χ2v) is 5.40. The lowest BCUT2D eigenvalue weighted by atomic mass is 10.2. The summed E-state index contributed by atoms with van der Waals surface area (Å²) in [5, 5.41) is 0.893. The van der Waals surface area contributed by atoms with Crippen LogP contribution in [-0.4, -0.2) is 19.5 Å². The molecule has 2 aromatic heterocycles. The minimum absolute atomic E-state index is 0.253. The molecule has 0 radical (unpaired) electrons. The van der Waals surface area contributed by atoms with Crippen molar-refractivity contribution in [3.05, 3.63) is 50.9 Å². The SMILES string of the molecule is CC(N)c1nc2c(Cl)ccc(Cl)c2c(=O)n1-c1cnc[nH]1. The molecule has 0 spiro atoms. The topological polar surface area (TPSA) is 89.6 Å². The molecule has 2 heterocycles. The Bertz CT molecular complexity index is 870. The smallest absolute Gasteiger partial charge is 0.268 e. The van der Waals surface area contributed by atoms with E-state index in [0.717, 1.165) is 0 Å². The highest BCUT2D eigenvalue weighted by molar-refractivity contribution is 6.39. The average molecular weight is 324 g/mol. The maximum Gasteiger partial charge on any atom is 0.268 e. The van der Waals surface area contributed by atoms with Crippen LogP contribution in [0.5, 0.6) is 0 Å². The molecule has 1 aromatic carbocycles. The Morgan fingerprint density at radius 1 is 1.33 bits per heavy atom. The fourth-order valence-electron chi connectivity index (χ4n) is 2.14. The van der Waals surface area contributed by atoms with E-state index in [9.17, 15) is 4.79 Å². The van der Waals surface area contributed by atoms with Gasteiger partial charge in [0, 0.05) is 0 Å². The van der Waals surface area contributed by atoms with Crippen LogP contribution in [0, 0.1) is 0 Å². The molecule has 3 rings (SSSR count). The molecule has 0 fully saturated rings. The van der Waals surface area contributed by atoms with Crippen molar-refractivity contribution in [1.82, 2.24) is 19.5 Å². The third-order valence-electron chi connectivity index (χ3n) is 3.08. The number of H-pyrrole nitrogens is 1. The first-order valence-corrected chi connectivity index (χ1v) is 6.91. The van der Waals surface area contributed by atoms with Crippen LogP contribution in [0.2, 0.25) is 10.0 Å². The van der Waals surface area contributed by atoms with Gasteiger partial charge in [0.15, 0.2) is 0 Å². The number of nitrogens with one attached hydrogen (secondary N) is 1. The summed E-state index contributed by atoms with van der Waals surface area (Å²) in [5.74, 6) is 0.846. The molecule has 0 bridgehead atoms. The van der Waals surface area contributed by atoms with Crippen LogP contribution in [0.25, 0.3) is 16.7 Å². The Kier molecular flexibility index (Phi) is 3.44. The first-order chi connectivity index (χ1) is 10.0. The first-order valence-electron chi connectivity index (χ1n) is 6.15. The predicted molar refractivity (Wildman–Crippen MR) is 82.1 cm³/mol. The van der Waals surface area contributed by atoms with Crippen molar-refractivity contribution < 1.29 is 0 Å². The van der Waals surface area contributed by atoms with Crippen molar-refractivity contribution in [2.24, 2.45) is 5.73 Å². The van der Waals surface area contributed by atoms with Crippen LogP contribution in [-0.2, 0) is 0 Å². The van der Waals surface area contributed by atoms with Crippen LogP contribution in [0.3, 0.4) is 0 Å². The number of halogens is 2. The molecule has 0 aliphatic heterocycles. The normalized spacial score (nSPS) is 12.8. The summed E-state index contributed by atoms with van der Waals surface area (Å²) >= 11 is 12.3. The van der Waals surface area contributed by atoms with Crippen molar-refractivity contribution in [2.45, 2.75) is 13.0 Å². The summed E-state index contributed by atoms with van der Waals surface area (Å²) in [6.07, 6.45) is 2.98. The van der Waals surface area contributed by atoms with Crippen LogP contribution in [0.4, 0.5) is 0 Å². The summed E-state index contributed by atoms with van der Waals surface area (Å²) < 4.78 is 1.36. The van der Waals surface area contributed by atoms with Gasteiger partial charge in [-0.3, -0.25) is 4.79 Å². The molecule has 0 saturated heterocycles. The van der Waals surface area contributed by atoms with Crippen molar-refractivity contribution in [3.8, 4) is 5.82 Å². The quantitative estimate of drug-likeness (QED) is 0.757. The van der Waals surface area contributed by atoms with Gasteiger partial charge in [-0.1, -0.05) is 23.2 Å². The predicted octanol–water partition coefficient (Wildman–Crippen LogP) is 2.44. The lowest BCUT2D eigenvalue weighted by Crippen LogP contribution is -2.28. The van der Waals surface area contributed by atoms with Gasteiger partial charge in [-0.2, -0.15) is 0 Å². The summed E-state index contributed by atoms with van der Waals surface area (Å²) in [6.45, 7) is 1.74. The number of aromatic nitrogens is 4. The molecule has 108 valence electrons. The number of hydrogen-bond donors (Lipinski definition) is 2. The molecular weight excluding hydrogens is 313 g/mol. The Labute approximate surface area is 129 Å². The van der Waals surface area contributed by atoms with Crippen molar-refractivity contribution in [2.75, 3.05) is 0 Å². The van der Waals surface area contributed by atoms with E-state index >= 15 is 0 Å². The molecule has 0 saturated carbocycles. The number of hydrogen-bond acceptors (Lipinski definition) is 4. The molecule has 8 heteroatoms. The van der Waals surface area contributed by atoms with E-state index in [1.54, 1.807) is 19.1 Å². The van der Waals surface area contributed by atoms with Crippen LogP contribution in [0.15, 0.2) is 29.5 Å². The van der Waals surface area contributed by atoms with E-state index in [2.05, 4.69) is 15.0 Å². The monoisotopic (exact) mass is 323 g/mol. The summed E-state index contributed by atoms with van der Waals surface area (Å²) in [7, 11) is 0. The summed E-state index contributed by atoms with van der Waals surface area (Å²) in [5.41, 5.74) is 5.94. The van der Waals surface area contributed by atoms with Crippen LogP contribution < -0.4 is 11.3 Å². The Hall–Kier alpha value is -1.89. The summed E-state index contributed by atoms with van der Waals surface area (Å²) in [4.78, 5) is 24.0. The zero-order valence-corrected chi connectivity index (χ0v) is 12.5. The van der Waals surface area contributed by atoms with E-state index in [1.165, 1.54) is 17.1 Å². The molecule has 6 nitrogen and oxygen atoms in total. The van der Waals surface area contributed by atoms with Crippen LogP contribution in [0.1, 0.15) is 18.8 Å². The Morgan fingerprint density at radius 2 is 2.05 bits per heavy atom. The van der Waals surface area contributed by atoms with E-state index in [0.29, 0.717) is 22.2 Å². The molecule has 3 N–H and O–H groups in total. The van der Waals surface area contributed by atoms with Gasteiger partial charge in [-0.05, 0) is 19.1 Å². The molecule has 0 aliphatic carbocycles. The van der Waals surface area contributed by atoms with E-state index in [-0.39, 0.29) is 16.0 Å². The molecule has 1 atom stereocenters. The molecule has 0 amide bonds. The number of nitrogens with zero attached hydrogens (tertiary/aromatic N) is 3. The van der Waals surface area contributed by atoms with Crippen molar-refractivity contribution >= 4 is 34.1 Å². The van der Waals surface area contributed by atoms with E-state index in [4.69, 9.17) is 28.9 Å². The van der Waals surface area contributed by atoms with E-state index < -0.39 is 6.04 Å². The van der Waals surface area contributed by atoms with Crippen molar-refractivity contribution in [3.63, 3.8) is 0 Å². The number of fused-ring (bicyclic) bond motifs is 1. The lowest BCUT2D eigenvalue weighted by molar-refractivity contribution is 0.690. The van der Waals surface area contributed by atoms with Gasteiger partial charge < -0.3 is 10.7 Å². The fraction of sp³-hybridized carbons (Fsp3) is 0.154. The maximum atomic E-state index is 12.8. The van der Waals surface area contributed by atoms with Gasteiger partial charge in [0.2, 0.25) is 0 Å². The number of benzene rings is 1. The summed E-state index contributed by atoms with van der Waals surface area (Å²) in [6, 6.07) is 2.70. The Balaban J connectivity index is 2.52. The number of rotatable bonds is 2. The van der Waals surface area contributed by atoms with Gasteiger partial charge in [0.1, 0.15) is 11.6 Å². The van der Waals surface area contributed by atoms with Gasteiger partial charge in [-0.25, -0.2) is 14.5 Å². The Morgan fingerprint density at radius 3 is 2.67 bits per heavy atom. The van der Waals surface area contributed by atoms with Gasteiger partial charge in [-0.15, -0.1) is 0 Å². The number of nitrogens with two attached hydrogens (primary N) is 1. The largest absolute Gasteiger partial charge is 0.331 e. The molecule has 3 aromatic rings. The van der Waals surface area contributed by atoms with E-state index in [1.807, 2.05) is 0 Å². The zero-order chi connectivity index (χ0) is 15.1. The average Bonchev–Trinajstić information content (AvgIpc) is 2.95. The highest BCUT2D eigenvalue weighted by atomic mass is 35.5. The highest BCUT2D eigenvalue weighted by Gasteiger charge is 2.19. The minimum Gasteiger partial charge on any atom is -0.331 e. The third-order valence-corrected chi connectivity index (χ3v) is 3.70.